The van der Waals surface area contributed by atoms with Gasteiger partial charge in [-0.3, -0.25) is 15.0 Å². The topological polar surface area (TPSA) is 110 Å². The highest BCUT2D eigenvalue weighted by Gasteiger charge is 2.38. The summed E-state index contributed by atoms with van der Waals surface area (Å²) in [4.78, 5) is 24.4. The number of benzene rings is 1. The molecule has 2 N–H and O–H groups in total. The monoisotopic (exact) mass is 525 g/mol. The molecule has 4 aromatic heterocycles. The van der Waals surface area contributed by atoms with E-state index in [0.29, 0.717) is 29.9 Å². The third-order valence-electron chi connectivity index (χ3n) is 7.22. The molecule has 11 heteroatoms. The summed E-state index contributed by atoms with van der Waals surface area (Å²) in [7, 11) is 0. The van der Waals surface area contributed by atoms with Gasteiger partial charge in [0.2, 0.25) is 5.95 Å². The molecule has 1 aliphatic rings. The highest BCUT2D eigenvalue weighted by atomic mass is 19.2. The molecule has 1 aliphatic heterocycles. The second-order valence-electron chi connectivity index (χ2n) is 9.57. The van der Waals surface area contributed by atoms with Crippen molar-refractivity contribution in [2.45, 2.75) is 24.8 Å². The number of piperidine rings is 1. The molecular weight excluding hydrogens is 500 g/mol. The van der Waals surface area contributed by atoms with Crippen LogP contribution in [-0.2, 0) is 12.0 Å². The summed E-state index contributed by atoms with van der Waals surface area (Å²) in [5, 5.41) is 4.35. The van der Waals surface area contributed by atoms with E-state index in [4.69, 9.17) is 5.73 Å². The predicted octanol–water partition coefficient (Wildman–Crippen LogP) is 4.23. The van der Waals surface area contributed by atoms with E-state index >= 15 is 0 Å². The van der Waals surface area contributed by atoms with Crippen LogP contribution in [0.25, 0.3) is 16.9 Å². The molecule has 0 spiro atoms. The van der Waals surface area contributed by atoms with Gasteiger partial charge in [0.15, 0.2) is 17.3 Å². The number of nitrogen functional groups attached to an aromatic ring is 1. The van der Waals surface area contributed by atoms with Crippen LogP contribution in [0.2, 0.25) is 0 Å². The molecule has 1 fully saturated rings. The van der Waals surface area contributed by atoms with Crippen LogP contribution in [0.1, 0.15) is 29.7 Å². The molecule has 1 aromatic carbocycles. The van der Waals surface area contributed by atoms with Crippen molar-refractivity contribution in [1.82, 2.24) is 29.5 Å². The summed E-state index contributed by atoms with van der Waals surface area (Å²) in [5.41, 5.74) is 10.5. The van der Waals surface area contributed by atoms with Crippen LogP contribution in [0.5, 0.6) is 0 Å². The molecule has 0 aliphatic carbocycles. The molecule has 1 saturated heterocycles. The first-order valence-corrected chi connectivity index (χ1v) is 12.5. The Hall–Kier alpha value is -4.80. The third-order valence-corrected chi connectivity index (χ3v) is 7.22. The van der Waals surface area contributed by atoms with E-state index < -0.39 is 17.2 Å². The average Bonchev–Trinajstić information content (AvgIpc) is 3.39. The van der Waals surface area contributed by atoms with E-state index in [-0.39, 0.29) is 5.95 Å². The van der Waals surface area contributed by atoms with Crippen molar-refractivity contribution < 1.29 is 8.78 Å². The van der Waals surface area contributed by atoms with Gasteiger partial charge in [-0.25, -0.2) is 18.7 Å². The van der Waals surface area contributed by atoms with Crippen molar-refractivity contribution in [2.75, 3.05) is 23.7 Å². The molecule has 39 heavy (non-hydrogen) atoms. The molecule has 0 amide bonds. The highest BCUT2D eigenvalue weighted by Crippen LogP contribution is 2.38. The molecule has 5 heterocycles. The van der Waals surface area contributed by atoms with Crippen molar-refractivity contribution in [3.05, 3.63) is 95.8 Å². The Bertz CT molecular complexity index is 1670. The number of aliphatic imine (C=N–C) groups is 1. The van der Waals surface area contributed by atoms with Crippen molar-refractivity contribution in [3.63, 3.8) is 0 Å². The Morgan fingerprint density at radius 1 is 1.00 bits per heavy atom. The van der Waals surface area contributed by atoms with E-state index in [1.54, 1.807) is 18.6 Å². The molecule has 0 radical (unpaired) electrons. The number of aromatic nitrogens is 6. The molecule has 196 valence electrons. The first-order chi connectivity index (χ1) is 19.0. The number of hydrogen-bond donors (Lipinski definition) is 1. The average molecular weight is 526 g/mol. The van der Waals surface area contributed by atoms with Crippen molar-refractivity contribution in [2.24, 2.45) is 4.99 Å². The Kier molecular flexibility index (Phi) is 6.18. The van der Waals surface area contributed by atoms with Crippen molar-refractivity contribution >= 4 is 24.0 Å². The van der Waals surface area contributed by atoms with Crippen molar-refractivity contribution in [1.29, 1.82) is 0 Å². The fourth-order valence-corrected chi connectivity index (χ4v) is 5.24. The van der Waals surface area contributed by atoms with Crippen LogP contribution >= 0.6 is 0 Å². The molecule has 0 bridgehead atoms. The minimum Gasteiger partial charge on any atom is -0.368 e. The molecule has 1 atom stereocenters. The normalized spacial score (nSPS) is 17.4. The number of hydrogen-bond acceptors (Lipinski definition) is 8. The number of halogens is 2. The SMILES string of the molecule is C=NC1(c2ccccn2)CCCN(c2cnc(-c3ccc(F)c(F)c3)cc2Cc2cnn3c(N)ncnc23)C1. The van der Waals surface area contributed by atoms with E-state index in [2.05, 4.69) is 41.6 Å². The van der Waals surface area contributed by atoms with Crippen LogP contribution in [0, 0.1) is 11.6 Å². The quantitative estimate of drug-likeness (QED) is 0.330. The van der Waals surface area contributed by atoms with Crippen LogP contribution in [-0.4, -0.2) is 49.4 Å². The minimum atomic E-state index is -0.928. The summed E-state index contributed by atoms with van der Waals surface area (Å²) in [6, 6.07) is 11.5. The molecule has 5 aromatic rings. The number of nitrogens with zero attached hydrogens (tertiary/aromatic N) is 8. The van der Waals surface area contributed by atoms with Gasteiger partial charge < -0.3 is 10.6 Å². The lowest BCUT2D eigenvalue weighted by Crippen LogP contribution is -2.46. The molecule has 1 unspecified atom stereocenters. The van der Waals surface area contributed by atoms with Gasteiger partial charge in [0.05, 0.1) is 29.5 Å². The number of nitrogens with two attached hydrogens (primary N) is 1. The van der Waals surface area contributed by atoms with Gasteiger partial charge in [-0.05, 0) is 61.5 Å². The van der Waals surface area contributed by atoms with Crippen LogP contribution < -0.4 is 10.6 Å². The smallest absolute Gasteiger partial charge is 0.224 e. The standard InChI is InChI=1S/C28H25F2N9/c1-32-28(25-5-2-3-9-33-25)8-4-10-38(16-28)24-15-34-23(18-6-7-21(29)22(30)12-18)13-19(24)11-20-14-37-39-26(20)35-17-36-27(39)31/h2-3,5-7,9,12-15,17H,1,4,8,10-11,16H2,(H2,31,35,36). The fourth-order valence-electron chi connectivity index (χ4n) is 5.24. The second-order valence-corrected chi connectivity index (χ2v) is 9.57. The molecule has 0 saturated carbocycles. The van der Waals surface area contributed by atoms with Gasteiger partial charge in [-0.15, -0.1) is 0 Å². The largest absolute Gasteiger partial charge is 0.368 e. The Morgan fingerprint density at radius 3 is 2.69 bits per heavy atom. The lowest BCUT2D eigenvalue weighted by molar-refractivity contribution is 0.350. The van der Waals surface area contributed by atoms with Gasteiger partial charge in [0, 0.05) is 36.8 Å². The second kappa shape index (κ2) is 9.82. The fraction of sp³-hybridized carbons (Fsp3) is 0.214. The zero-order valence-corrected chi connectivity index (χ0v) is 21.0. The Labute approximate surface area is 223 Å². The van der Waals surface area contributed by atoms with Crippen LogP contribution in [0.3, 0.4) is 0 Å². The lowest BCUT2D eigenvalue weighted by atomic mass is 9.85. The van der Waals surface area contributed by atoms with Crippen LogP contribution in [0.4, 0.5) is 20.4 Å². The molecule has 6 rings (SSSR count). The maximum atomic E-state index is 14.1. The Morgan fingerprint density at radius 2 is 1.90 bits per heavy atom. The number of anilines is 2. The van der Waals surface area contributed by atoms with Gasteiger partial charge in [-0.1, -0.05) is 6.07 Å². The summed E-state index contributed by atoms with van der Waals surface area (Å²) in [6.45, 7) is 5.27. The molecule has 9 nitrogen and oxygen atoms in total. The number of pyridine rings is 2. The van der Waals surface area contributed by atoms with Gasteiger partial charge in [0.1, 0.15) is 11.9 Å². The third kappa shape index (κ3) is 4.45. The zero-order valence-electron chi connectivity index (χ0n) is 21.0. The maximum Gasteiger partial charge on any atom is 0.224 e. The zero-order chi connectivity index (χ0) is 27.0. The van der Waals surface area contributed by atoms with E-state index in [9.17, 15) is 8.78 Å². The highest BCUT2D eigenvalue weighted by molar-refractivity contribution is 5.66. The van der Waals surface area contributed by atoms with E-state index in [1.807, 2.05) is 24.3 Å². The number of rotatable bonds is 6. The first-order valence-electron chi connectivity index (χ1n) is 12.5. The first kappa shape index (κ1) is 24.5. The van der Waals surface area contributed by atoms with Crippen LogP contribution in [0.15, 0.2) is 72.4 Å². The maximum absolute atomic E-state index is 14.1. The van der Waals surface area contributed by atoms with Gasteiger partial charge in [-0.2, -0.15) is 9.61 Å². The lowest BCUT2D eigenvalue weighted by Gasteiger charge is -2.41. The van der Waals surface area contributed by atoms with Crippen molar-refractivity contribution in [3.8, 4) is 11.3 Å². The predicted molar refractivity (Wildman–Crippen MR) is 145 cm³/mol. The molecular formula is C28H25F2N9. The summed E-state index contributed by atoms with van der Waals surface area (Å²) < 4.78 is 29.2. The summed E-state index contributed by atoms with van der Waals surface area (Å²) in [5.74, 6) is -1.60. The van der Waals surface area contributed by atoms with E-state index in [1.165, 1.54) is 16.9 Å². The summed E-state index contributed by atoms with van der Waals surface area (Å²) >= 11 is 0. The summed E-state index contributed by atoms with van der Waals surface area (Å²) in [6.07, 6.45) is 8.80. The Balaban J connectivity index is 1.44. The number of fused-ring (bicyclic) bond motifs is 1. The minimum absolute atomic E-state index is 0.233. The van der Waals surface area contributed by atoms with Gasteiger partial charge in [0.25, 0.3) is 0 Å². The van der Waals surface area contributed by atoms with Gasteiger partial charge >= 0.3 is 0 Å². The van der Waals surface area contributed by atoms with E-state index in [0.717, 1.165) is 54.0 Å².